The van der Waals surface area contributed by atoms with E-state index in [2.05, 4.69) is 111 Å². The summed E-state index contributed by atoms with van der Waals surface area (Å²) in [6.07, 6.45) is 14.8. The molecule has 0 spiro atoms. The number of aryl methyl sites for hydroxylation is 4. The molecule has 15 heteroatoms. The molecule has 10 atom stereocenters. The van der Waals surface area contributed by atoms with Crippen LogP contribution in [0.2, 0.25) is 0 Å². The van der Waals surface area contributed by atoms with E-state index in [1.54, 1.807) is 26.6 Å². The van der Waals surface area contributed by atoms with Gasteiger partial charge in [-0.15, -0.1) is 22.7 Å². The van der Waals surface area contributed by atoms with E-state index < -0.39 is 6.16 Å². The maximum atomic E-state index is 14.4. The van der Waals surface area contributed by atoms with Crippen LogP contribution in [0, 0.1) is 60.2 Å². The lowest BCUT2D eigenvalue weighted by Gasteiger charge is -2.50. The van der Waals surface area contributed by atoms with Crippen LogP contribution >= 0.6 is 22.7 Å². The molecule has 2 aromatic carbocycles. The molecule has 408 valence electrons. The minimum Gasteiger partial charge on any atom is -0.399 e. The lowest BCUT2D eigenvalue weighted by molar-refractivity contribution is -0.117. The van der Waals surface area contributed by atoms with Crippen molar-refractivity contribution in [2.24, 2.45) is 56.6 Å². The predicted octanol–water partition coefficient (Wildman–Crippen LogP) is 14.4. The number of nitrogens with zero attached hydrogens (tertiary/aromatic N) is 4. The number of nitrogens with one attached hydrogen (secondary N) is 2. The van der Waals surface area contributed by atoms with Crippen LogP contribution in [0.3, 0.4) is 0 Å². The summed E-state index contributed by atoms with van der Waals surface area (Å²) in [5.74, 6) is 3.98. The first kappa shape index (κ1) is 54.2. The lowest BCUT2D eigenvalue weighted by Crippen LogP contribution is -2.44. The molecule has 4 fully saturated rings. The lowest BCUT2D eigenvalue weighted by atomic mass is 9.53. The molecule has 13 nitrogen and oxygen atoms in total. The Hall–Kier alpha value is -5.15. The standard InChI is InChI=1S/C61H80N6O7S2/c1-33-31-62-55(75-33)64-51(68)19-15-37-27-49(66-71-11)60(9)23-21-39-41(53(37)60)17-13-35-25-47(45(29-43(35)39)58(3,4)5)73-57(70)74-48-26-36-14-18-42-40(44(36)30-46(48)59(6,7)8)22-24-61(10)50(67-72-12)28-38(54(42)61)16-20-52(69)65-56-63-32-34(2)76-56/h25-26,29-32,37-42,53-54H,13-24,27-28H2,1-12H3,(H,62,64,68)(H,63,65,69)/t37-,38-,39?,40?,41?,42?,53?,54?,60-,61-/m1/s1. The maximum absolute atomic E-state index is 14.4. The van der Waals surface area contributed by atoms with Gasteiger partial charge >= 0.3 is 6.16 Å². The number of hydrogen-bond donors (Lipinski definition) is 2. The van der Waals surface area contributed by atoms with Crippen molar-refractivity contribution in [1.82, 2.24) is 9.97 Å². The molecule has 2 N–H and O–H groups in total. The monoisotopic (exact) mass is 1070 g/mol. The van der Waals surface area contributed by atoms with E-state index in [9.17, 15) is 14.4 Å². The van der Waals surface area contributed by atoms with Crippen LogP contribution in [-0.4, -0.2) is 53.6 Å². The second kappa shape index (κ2) is 20.9. The number of benzene rings is 2. The molecule has 2 amide bonds. The number of ether oxygens (including phenoxy) is 2. The van der Waals surface area contributed by atoms with E-state index in [1.165, 1.54) is 44.9 Å². The van der Waals surface area contributed by atoms with Crippen LogP contribution in [0.25, 0.3) is 0 Å². The second-order valence-corrected chi connectivity index (χ2v) is 28.2. The molecule has 76 heavy (non-hydrogen) atoms. The third-order valence-electron chi connectivity index (χ3n) is 19.0. The van der Waals surface area contributed by atoms with Crippen molar-refractivity contribution in [2.75, 3.05) is 24.9 Å². The van der Waals surface area contributed by atoms with Crippen LogP contribution < -0.4 is 20.1 Å². The Bertz CT molecular complexity index is 2750. The van der Waals surface area contributed by atoms with Crippen molar-refractivity contribution in [3.63, 3.8) is 0 Å². The van der Waals surface area contributed by atoms with Crippen molar-refractivity contribution >= 4 is 62.3 Å². The molecule has 6 aliphatic carbocycles. The van der Waals surface area contributed by atoms with E-state index in [0.717, 1.165) is 109 Å². The SMILES string of the molecule is CON=C1C[C@@H](CCC(=O)Nc2ncc(C)s2)C2C3CCc4cc(OC(=O)Oc5cc6c(cc5C(C)(C)C)C5CC[C@]7(C)C(=NOC)C[C@@H](CCC(=O)Nc8ncc(C)s8)C7C5CC6)c(C(C)(C)C)cc4C3CC[C@]12C. The number of carbonyl (C=O) groups is 3. The Morgan fingerprint density at radius 3 is 1.41 bits per heavy atom. The van der Waals surface area contributed by atoms with Gasteiger partial charge in [-0.1, -0.05) is 77.8 Å². The summed E-state index contributed by atoms with van der Waals surface area (Å²) < 4.78 is 12.8. The van der Waals surface area contributed by atoms with Crippen LogP contribution in [0.5, 0.6) is 11.5 Å². The van der Waals surface area contributed by atoms with Gasteiger partial charge in [-0.3, -0.25) is 9.59 Å². The quantitative estimate of drug-likeness (QED) is 0.0799. The zero-order valence-corrected chi connectivity index (χ0v) is 48.6. The molecular weight excluding hydrogens is 993 g/mol. The average Bonchev–Trinajstić information content (AvgIpc) is 4.28. The molecule has 10 rings (SSSR count). The van der Waals surface area contributed by atoms with Gasteiger partial charge in [0.15, 0.2) is 10.3 Å². The summed E-state index contributed by atoms with van der Waals surface area (Å²) in [5, 5.41) is 16.7. The molecule has 2 heterocycles. The second-order valence-electron chi connectivity index (χ2n) is 25.7. The number of fused-ring (bicyclic) bond motifs is 10. The van der Waals surface area contributed by atoms with Crippen molar-refractivity contribution in [2.45, 2.75) is 182 Å². The van der Waals surface area contributed by atoms with E-state index >= 15 is 0 Å². The Balaban J connectivity index is 0.874. The van der Waals surface area contributed by atoms with Crippen molar-refractivity contribution in [3.05, 3.63) is 79.8 Å². The third-order valence-corrected chi connectivity index (χ3v) is 20.7. The highest BCUT2D eigenvalue weighted by molar-refractivity contribution is 7.16. The van der Waals surface area contributed by atoms with Gasteiger partial charge in [-0.25, -0.2) is 14.8 Å². The predicted molar refractivity (Wildman–Crippen MR) is 302 cm³/mol. The Kier molecular flexibility index (Phi) is 14.9. The highest BCUT2D eigenvalue weighted by Crippen LogP contribution is 2.65. The van der Waals surface area contributed by atoms with Gasteiger partial charge < -0.3 is 29.8 Å². The van der Waals surface area contributed by atoms with Gasteiger partial charge in [-0.2, -0.15) is 0 Å². The smallest absolute Gasteiger partial charge is 0.399 e. The van der Waals surface area contributed by atoms with Crippen LogP contribution in [-0.2, 0) is 42.9 Å². The highest BCUT2D eigenvalue weighted by atomic mass is 32.1. The molecule has 6 unspecified atom stereocenters. The number of oxime groups is 2. The molecule has 0 aliphatic heterocycles. The number of amides is 2. The van der Waals surface area contributed by atoms with E-state index in [4.69, 9.17) is 19.1 Å². The molecule has 0 saturated heterocycles. The van der Waals surface area contributed by atoms with Gasteiger partial charge in [0.25, 0.3) is 0 Å². The van der Waals surface area contributed by atoms with Crippen LogP contribution in [0.4, 0.5) is 15.1 Å². The van der Waals surface area contributed by atoms with Crippen molar-refractivity contribution < 1.29 is 33.5 Å². The minimum atomic E-state index is -0.722. The normalized spacial score (nSPS) is 29.6. The van der Waals surface area contributed by atoms with E-state index in [-0.39, 0.29) is 33.5 Å². The minimum absolute atomic E-state index is 0.00678. The number of thiazole rings is 2. The highest BCUT2D eigenvalue weighted by Gasteiger charge is 2.59. The summed E-state index contributed by atoms with van der Waals surface area (Å²) in [6, 6.07) is 8.96. The fourth-order valence-electron chi connectivity index (χ4n) is 15.8. The maximum Gasteiger partial charge on any atom is 0.519 e. The number of carbonyl (C=O) groups excluding carboxylic acids is 3. The zero-order chi connectivity index (χ0) is 54.1. The van der Waals surface area contributed by atoms with Gasteiger partial charge in [0.2, 0.25) is 11.8 Å². The van der Waals surface area contributed by atoms with Gasteiger partial charge in [0.1, 0.15) is 25.7 Å². The Labute approximate surface area is 458 Å². The molecular formula is C61H80N6O7S2. The average molecular weight is 1070 g/mol. The fourth-order valence-corrected chi connectivity index (χ4v) is 17.1. The molecule has 2 aromatic heterocycles. The number of aromatic nitrogens is 2. The summed E-state index contributed by atoms with van der Waals surface area (Å²) in [5.41, 5.74) is 8.59. The first-order chi connectivity index (χ1) is 36.1. The Morgan fingerprint density at radius 1 is 0.645 bits per heavy atom. The van der Waals surface area contributed by atoms with Crippen molar-refractivity contribution in [3.8, 4) is 11.5 Å². The zero-order valence-electron chi connectivity index (χ0n) is 46.9. The summed E-state index contributed by atoms with van der Waals surface area (Å²) in [6.45, 7) is 21.9. The number of anilines is 2. The van der Waals surface area contributed by atoms with E-state index in [0.29, 0.717) is 81.9 Å². The molecule has 0 radical (unpaired) electrons. The summed E-state index contributed by atoms with van der Waals surface area (Å²) in [7, 11) is 3.28. The Morgan fingerprint density at radius 2 is 1.05 bits per heavy atom. The third kappa shape index (κ3) is 10.4. The molecule has 4 aromatic rings. The number of hydrogen-bond acceptors (Lipinski definition) is 13. The fraction of sp³-hybridized carbons (Fsp3) is 0.623. The molecule has 0 bridgehead atoms. The molecule has 6 aliphatic rings. The van der Waals surface area contributed by atoms with Crippen LogP contribution in [0.15, 0.2) is 47.0 Å². The van der Waals surface area contributed by atoms with Gasteiger partial charge in [0, 0.05) is 56.9 Å². The number of rotatable bonds is 12. The first-order valence-corrected chi connectivity index (χ1v) is 29.6. The summed E-state index contributed by atoms with van der Waals surface area (Å²) in [4.78, 5) is 62.7. The van der Waals surface area contributed by atoms with Crippen molar-refractivity contribution in [1.29, 1.82) is 0 Å². The largest absolute Gasteiger partial charge is 0.519 e. The van der Waals surface area contributed by atoms with Gasteiger partial charge in [-0.05, 0) is 183 Å². The van der Waals surface area contributed by atoms with Gasteiger partial charge in [0.05, 0.1) is 11.4 Å². The topological polar surface area (TPSA) is 163 Å². The summed E-state index contributed by atoms with van der Waals surface area (Å²) >= 11 is 3.00. The van der Waals surface area contributed by atoms with E-state index in [1.807, 2.05) is 13.8 Å². The molecule has 4 saturated carbocycles. The van der Waals surface area contributed by atoms with Crippen LogP contribution in [0.1, 0.15) is 187 Å². The first-order valence-electron chi connectivity index (χ1n) is 28.0.